The Balaban J connectivity index is 0.000000505. The second-order valence-electron chi connectivity index (χ2n) is 12.3. The zero-order chi connectivity index (χ0) is 31.9. The molecule has 4 amide bonds. The van der Waals surface area contributed by atoms with Gasteiger partial charge in [0.15, 0.2) is 0 Å². The Morgan fingerprint density at radius 1 is 0.911 bits per heavy atom. The molecule has 1 unspecified atom stereocenters. The van der Waals surface area contributed by atoms with Crippen molar-refractivity contribution in [2.75, 3.05) is 13.1 Å². The number of nitrogens with zero attached hydrogens (tertiary/aromatic N) is 2. The van der Waals surface area contributed by atoms with E-state index in [9.17, 15) is 23.6 Å². The number of fused-ring (bicyclic) bond motifs is 2. The molecule has 2 atom stereocenters. The van der Waals surface area contributed by atoms with Gasteiger partial charge in [-0.25, -0.2) is 4.39 Å². The highest BCUT2D eigenvalue weighted by molar-refractivity contribution is 5.99. The maximum atomic E-state index is 13.8. The van der Waals surface area contributed by atoms with Crippen molar-refractivity contribution in [3.8, 4) is 0 Å². The minimum atomic E-state index is -1.08. The monoisotopic (exact) mass is 612 g/mol. The van der Waals surface area contributed by atoms with Crippen LogP contribution in [0.5, 0.6) is 0 Å². The van der Waals surface area contributed by atoms with E-state index in [1.165, 1.54) is 61.3 Å². The molecule has 8 nitrogen and oxygen atoms in total. The third-order valence-corrected chi connectivity index (χ3v) is 9.03. The van der Waals surface area contributed by atoms with Crippen LogP contribution in [0.3, 0.4) is 0 Å². The molecule has 0 radical (unpaired) electrons. The van der Waals surface area contributed by atoms with Crippen LogP contribution in [0.15, 0.2) is 72.8 Å². The topological polar surface area (TPSA) is 113 Å². The summed E-state index contributed by atoms with van der Waals surface area (Å²) >= 11 is 0. The van der Waals surface area contributed by atoms with Crippen LogP contribution in [0.2, 0.25) is 0 Å². The Labute approximate surface area is 263 Å². The smallest absolute Gasteiger partial charge is 0.248 e. The molecule has 45 heavy (non-hydrogen) atoms. The first-order valence-electron chi connectivity index (χ1n) is 15.8. The SMILES string of the molecule is CC1CCCCC1.NC(=O)c1ccc(C(C(=O)NCCc2ccc(F)cc2)N2CC(=O)N3Cc4ccccc4C[C@H]3C2=O)cc1. The first-order valence-corrected chi connectivity index (χ1v) is 15.8. The van der Waals surface area contributed by atoms with E-state index < -0.39 is 23.9 Å². The van der Waals surface area contributed by atoms with E-state index in [2.05, 4.69) is 12.2 Å². The van der Waals surface area contributed by atoms with Crippen LogP contribution in [0.4, 0.5) is 4.39 Å². The molecule has 236 valence electrons. The minimum Gasteiger partial charge on any atom is -0.366 e. The normalized spacial score (nSPS) is 18.7. The number of rotatable bonds is 7. The van der Waals surface area contributed by atoms with E-state index in [1.54, 1.807) is 29.2 Å². The first-order chi connectivity index (χ1) is 21.7. The van der Waals surface area contributed by atoms with Gasteiger partial charge >= 0.3 is 0 Å². The highest BCUT2D eigenvalue weighted by Crippen LogP contribution is 2.32. The molecule has 9 heteroatoms. The molecule has 0 spiro atoms. The van der Waals surface area contributed by atoms with Crippen LogP contribution in [-0.2, 0) is 33.8 Å². The van der Waals surface area contributed by atoms with Crippen molar-refractivity contribution in [2.45, 2.75) is 70.5 Å². The zero-order valence-electron chi connectivity index (χ0n) is 25.7. The zero-order valence-corrected chi connectivity index (χ0v) is 25.7. The first kappa shape index (κ1) is 31.9. The molecule has 3 aliphatic rings. The Hall–Kier alpha value is -4.53. The van der Waals surface area contributed by atoms with Gasteiger partial charge in [-0.15, -0.1) is 0 Å². The highest BCUT2D eigenvalue weighted by Gasteiger charge is 2.46. The number of halogens is 1. The van der Waals surface area contributed by atoms with Crippen molar-refractivity contribution < 1.29 is 23.6 Å². The van der Waals surface area contributed by atoms with E-state index in [0.717, 1.165) is 22.6 Å². The van der Waals surface area contributed by atoms with Crippen molar-refractivity contribution >= 4 is 23.6 Å². The quantitative estimate of drug-likeness (QED) is 0.403. The van der Waals surface area contributed by atoms with Gasteiger partial charge in [-0.1, -0.05) is 87.6 Å². The van der Waals surface area contributed by atoms with Gasteiger partial charge in [0.05, 0.1) is 0 Å². The second kappa shape index (κ2) is 14.5. The molecule has 1 saturated heterocycles. The van der Waals surface area contributed by atoms with Gasteiger partial charge in [-0.05, 0) is 58.9 Å². The third-order valence-electron chi connectivity index (χ3n) is 9.03. The predicted molar refractivity (Wildman–Crippen MR) is 169 cm³/mol. The fourth-order valence-electron chi connectivity index (χ4n) is 6.42. The summed E-state index contributed by atoms with van der Waals surface area (Å²) in [4.78, 5) is 55.0. The van der Waals surface area contributed by atoms with Gasteiger partial charge in [-0.3, -0.25) is 19.2 Å². The maximum Gasteiger partial charge on any atom is 0.248 e. The largest absolute Gasteiger partial charge is 0.366 e. The minimum absolute atomic E-state index is 0.234. The van der Waals surface area contributed by atoms with Crippen LogP contribution in [-0.4, -0.2) is 52.6 Å². The fraction of sp³-hybridized carbons (Fsp3) is 0.389. The molecule has 0 aromatic heterocycles. The molecule has 2 fully saturated rings. The van der Waals surface area contributed by atoms with Gasteiger partial charge in [-0.2, -0.15) is 0 Å². The van der Waals surface area contributed by atoms with Gasteiger partial charge in [0.2, 0.25) is 23.6 Å². The molecular formula is C36H41FN4O4. The maximum absolute atomic E-state index is 13.8. The second-order valence-corrected chi connectivity index (χ2v) is 12.3. The summed E-state index contributed by atoms with van der Waals surface area (Å²) < 4.78 is 13.2. The molecule has 1 saturated carbocycles. The van der Waals surface area contributed by atoms with Gasteiger partial charge in [0.1, 0.15) is 24.4 Å². The number of benzene rings is 3. The van der Waals surface area contributed by atoms with Crippen molar-refractivity contribution in [3.05, 3.63) is 106 Å². The summed E-state index contributed by atoms with van der Waals surface area (Å²) in [5.74, 6) is -0.917. The summed E-state index contributed by atoms with van der Waals surface area (Å²) in [5.41, 5.74) is 8.95. The lowest BCUT2D eigenvalue weighted by atomic mass is 9.90. The summed E-state index contributed by atoms with van der Waals surface area (Å²) in [6, 6.07) is 18.1. The van der Waals surface area contributed by atoms with Crippen molar-refractivity contribution in [3.63, 3.8) is 0 Å². The Kier molecular flexibility index (Phi) is 10.3. The van der Waals surface area contributed by atoms with Crippen LogP contribution in [0, 0.1) is 11.7 Å². The average molecular weight is 613 g/mol. The predicted octanol–water partition coefficient (Wildman–Crippen LogP) is 4.71. The lowest BCUT2D eigenvalue weighted by Crippen LogP contribution is -2.63. The lowest BCUT2D eigenvalue weighted by molar-refractivity contribution is -0.161. The van der Waals surface area contributed by atoms with E-state index in [4.69, 9.17) is 5.73 Å². The fourth-order valence-corrected chi connectivity index (χ4v) is 6.42. The summed E-state index contributed by atoms with van der Waals surface area (Å²) in [5, 5.41) is 2.86. The lowest BCUT2D eigenvalue weighted by Gasteiger charge is -2.45. The average Bonchev–Trinajstić information content (AvgIpc) is 3.04. The van der Waals surface area contributed by atoms with E-state index >= 15 is 0 Å². The Bertz CT molecular complexity index is 1520. The van der Waals surface area contributed by atoms with Crippen LogP contribution >= 0.6 is 0 Å². The standard InChI is InChI=1S/C29H27FN4O4.C7H14/c30-23-11-5-18(6-12-23)13-14-32-28(37)26(19-7-9-20(10-8-19)27(31)36)34-17-25(35)33-16-22-4-2-1-3-21(22)15-24(33)29(34)38;1-7-5-3-2-4-6-7/h1-12,24,26H,13-17H2,(H2,31,36)(H,32,37);7H,2-6H2,1H3/t24-,26?;/m0./s1. The Morgan fingerprint density at radius 3 is 2.20 bits per heavy atom. The molecule has 3 aromatic rings. The molecule has 2 aliphatic heterocycles. The van der Waals surface area contributed by atoms with Crippen molar-refractivity contribution in [2.24, 2.45) is 11.7 Å². The molecule has 0 bridgehead atoms. The molecule has 2 heterocycles. The van der Waals surface area contributed by atoms with Crippen LogP contribution in [0.1, 0.15) is 77.7 Å². The van der Waals surface area contributed by atoms with Gasteiger partial charge in [0, 0.05) is 25.1 Å². The Morgan fingerprint density at radius 2 is 1.58 bits per heavy atom. The molecular weight excluding hydrogens is 571 g/mol. The number of carbonyl (C=O) groups is 4. The summed E-state index contributed by atoms with van der Waals surface area (Å²) in [7, 11) is 0. The van der Waals surface area contributed by atoms with Crippen LogP contribution in [0.25, 0.3) is 0 Å². The number of piperazine rings is 1. The van der Waals surface area contributed by atoms with Crippen molar-refractivity contribution in [1.82, 2.24) is 15.1 Å². The molecule has 1 aliphatic carbocycles. The number of carbonyl (C=O) groups excluding carboxylic acids is 4. The van der Waals surface area contributed by atoms with Crippen LogP contribution < -0.4 is 11.1 Å². The van der Waals surface area contributed by atoms with E-state index in [1.807, 2.05) is 24.3 Å². The summed E-state index contributed by atoms with van der Waals surface area (Å²) in [6.07, 6.45) is 8.27. The van der Waals surface area contributed by atoms with Crippen molar-refractivity contribution in [1.29, 1.82) is 0 Å². The van der Waals surface area contributed by atoms with E-state index in [-0.39, 0.29) is 36.3 Å². The third kappa shape index (κ3) is 7.77. The van der Waals surface area contributed by atoms with Gasteiger partial charge < -0.3 is 20.9 Å². The van der Waals surface area contributed by atoms with Gasteiger partial charge in [0.25, 0.3) is 0 Å². The summed E-state index contributed by atoms with van der Waals surface area (Å²) in [6.45, 7) is 2.71. The molecule has 6 rings (SSSR count). The number of nitrogens with two attached hydrogens (primary N) is 1. The number of nitrogens with one attached hydrogen (secondary N) is 1. The number of hydrogen-bond donors (Lipinski definition) is 2. The molecule has 3 N–H and O–H groups in total. The highest BCUT2D eigenvalue weighted by atomic mass is 19.1. The van der Waals surface area contributed by atoms with E-state index in [0.29, 0.717) is 24.9 Å². The number of primary amides is 1. The number of hydrogen-bond acceptors (Lipinski definition) is 4. The number of amides is 4. The molecule has 3 aromatic carbocycles.